The summed E-state index contributed by atoms with van der Waals surface area (Å²) in [4.78, 5) is 1.91. The van der Waals surface area contributed by atoms with Crippen LogP contribution in [0.1, 0.15) is 13.3 Å². The van der Waals surface area contributed by atoms with E-state index in [2.05, 4.69) is 0 Å². The van der Waals surface area contributed by atoms with E-state index in [-0.39, 0.29) is 6.42 Å². The molecule has 18 heavy (non-hydrogen) atoms. The number of morpholine rings is 1. The molecular formula is C12H17F3N2O. The molecule has 1 heterocycles. The number of nitrogens with two attached hydrogens (primary N) is 1. The third kappa shape index (κ3) is 2.70. The largest absolute Gasteiger partial charge is 0.414 e. The van der Waals surface area contributed by atoms with Crippen LogP contribution in [0.15, 0.2) is 23.4 Å². The summed E-state index contributed by atoms with van der Waals surface area (Å²) >= 11 is 0. The van der Waals surface area contributed by atoms with Crippen molar-refractivity contribution >= 4 is 0 Å². The number of nitrogens with zero attached hydrogens (tertiary/aromatic N) is 1. The highest BCUT2D eigenvalue weighted by atomic mass is 19.4. The van der Waals surface area contributed by atoms with Crippen molar-refractivity contribution in [1.82, 2.24) is 4.90 Å². The number of hydrogen-bond acceptors (Lipinski definition) is 3. The number of hydrogen-bond donors (Lipinski definition) is 1. The standard InChI is InChI=1S/C12H17F3N2O/c1-11(16)3-2-9(8-10(11)12(13,14)15)17-4-6-18-7-5-17/h2,8H,3-7,16H2,1H3. The zero-order chi connectivity index (χ0) is 13.4. The van der Waals surface area contributed by atoms with Gasteiger partial charge in [0.25, 0.3) is 0 Å². The van der Waals surface area contributed by atoms with Gasteiger partial charge in [0.05, 0.1) is 18.8 Å². The predicted molar refractivity (Wildman–Crippen MR) is 61.8 cm³/mol. The summed E-state index contributed by atoms with van der Waals surface area (Å²) in [5.74, 6) is 0. The van der Waals surface area contributed by atoms with E-state index in [9.17, 15) is 13.2 Å². The van der Waals surface area contributed by atoms with Crippen LogP contribution in [0.4, 0.5) is 13.2 Å². The van der Waals surface area contributed by atoms with Gasteiger partial charge in [-0.2, -0.15) is 13.2 Å². The van der Waals surface area contributed by atoms with E-state index in [1.165, 1.54) is 13.0 Å². The van der Waals surface area contributed by atoms with Gasteiger partial charge in [-0.15, -0.1) is 0 Å². The highest BCUT2D eigenvalue weighted by Gasteiger charge is 2.44. The molecule has 0 radical (unpaired) electrons. The number of allylic oxidation sites excluding steroid dienone is 1. The minimum Gasteiger partial charge on any atom is -0.378 e. The lowest BCUT2D eigenvalue weighted by Crippen LogP contribution is -2.46. The van der Waals surface area contributed by atoms with E-state index in [0.717, 1.165) is 0 Å². The molecule has 2 aliphatic rings. The van der Waals surface area contributed by atoms with Crippen molar-refractivity contribution in [2.75, 3.05) is 26.3 Å². The molecule has 0 saturated carbocycles. The van der Waals surface area contributed by atoms with Gasteiger partial charge in [-0.1, -0.05) is 6.08 Å². The Kier molecular flexibility index (Phi) is 3.42. The molecule has 0 aromatic heterocycles. The van der Waals surface area contributed by atoms with Gasteiger partial charge in [0.2, 0.25) is 0 Å². The first-order valence-electron chi connectivity index (χ1n) is 5.92. The van der Waals surface area contributed by atoms with Gasteiger partial charge < -0.3 is 15.4 Å². The number of alkyl halides is 3. The summed E-state index contributed by atoms with van der Waals surface area (Å²) in [6, 6.07) is 0. The molecule has 0 aromatic rings. The van der Waals surface area contributed by atoms with Crippen LogP contribution in [0, 0.1) is 0 Å². The molecule has 0 bridgehead atoms. The Morgan fingerprint density at radius 3 is 2.50 bits per heavy atom. The average Bonchev–Trinajstić information content (AvgIpc) is 2.28. The Balaban J connectivity index is 2.24. The lowest BCUT2D eigenvalue weighted by atomic mass is 9.84. The minimum atomic E-state index is -4.38. The van der Waals surface area contributed by atoms with Gasteiger partial charge in [-0.3, -0.25) is 0 Å². The quantitative estimate of drug-likeness (QED) is 0.783. The molecule has 2 rings (SSSR count). The van der Waals surface area contributed by atoms with E-state index in [1.807, 2.05) is 4.90 Å². The molecule has 1 aliphatic carbocycles. The van der Waals surface area contributed by atoms with Gasteiger partial charge >= 0.3 is 6.18 Å². The maximum Gasteiger partial charge on any atom is 0.414 e. The molecule has 0 aromatic carbocycles. The molecule has 0 spiro atoms. The minimum absolute atomic E-state index is 0.199. The van der Waals surface area contributed by atoms with E-state index in [0.29, 0.717) is 32.0 Å². The van der Waals surface area contributed by atoms with Crippen LogP contribution >= 0.6 is 0 Å². The second-order valence-corrected chi connectivity index (χ2v) is 4.91. The second kappa shape index (κ2) is 4.59. The van der Waals surface area contributed by atoms with Crippen molar-refractivity contribution in [2.45, 2.75) is 25.1 Å². The van der Waals surface area contributed by atoms with Crippen molar-refractivity contribution in [3.05, 3.63) is 23.4 Å². The van der Waals surface area contributed by atoms with Crippen LogP contribution in [0.5, 0.6) is 0 Å². The SMILES string of the molecule is CC1(N)CC=C(N2CCOCC2)C=C1C(F)(F)F. The maximum atomic E-state index is 13.0. The van der Waals surface area contributed by atoms with Crippen LogP contribution in [0.25, 0.3) is 0 Å². The molecule has 1 aliphatic heterocycles. The smallest absolute Gasteiger partial charge is 0.378 e. The van der Waals surface area contributed by atoms with E-state index in [1.54, 1.807) is 6.08 Å². The van der Waals surface area contributed by atoms with Gasteiger partial charge in [-0.05, 0) is 19.4 Å². The highest BCUT2D eigenvalue weighted by Crippen LogP contribution is 2.38. The van der Waals surface area contributed by atoms with Crippen molar-refractivity contribution in [1.29, 1.82) is 0 Å². The van der Waals surface area contributed by atoms with Gasteiger partial charge in [0.1, 0.15) is 0 Å². The van der Waals surface area contributed by atoms with Crippen molar-refractivity contribution < 1.29 is 17.9 Å². The Morgan fingerprint density at radius 1 is 1.33 bits per heavy atom. The molecule has 1 unspecified atom stereocenters. The Morgan fingerprint density at radius 2 is 1.94 bits per heavy atom. The topological polar surface area (TPSA) is 38.5 Å². The average molecular weight is 262 g/mol. The highest BCUT2D eigenvalue weighted by molar-refractivity contribution is 5.37. The molecule has 0 amide bonds. The van der Waals surface area contributed by atoms with Crippen LogP contribution < -0.4 is 5.73 Å². The first-order chi connectivity index (χ1) is 8.31. The fourth-order valence-electron chi connectivity index (χ4n) is 2.25. The van der Waals surface area contributed by atoms with Crippen LogP contribution in [-0.2, 0) is 4.74 Å². The lowest BCUT2D eigenvalue weighted by Gasteiger charge is -2.36. The van der Waals surface area contributed by atoms with Crippen molar-refractivity contribution in [3.63, 3.8) is 0 Å². The molecular weight excluding hydrogens is 245 g/mol. The maximum absolute atomic E-state index is 13.0. The summed E-state index contributed by atoms with van der Waals surface area (Å²) in [6.07, 6.45) is -1.23. The summed E-state index contributed by atoms with van der Waals surface area (Å²) in [7, 11) is 0. The van der Waals surface area contributed by atoms with Gasteiger partial charge in [-0.25, -0.2) is 0 Å². The van der Waals surface area contributed by atoms with E-state index < -0.39 is 17.3 Å². The first-order valence-corrected chi connectivity index (χ1v) is 5.92. The molecule has 3 nitrogen and oxygen atoms in total. The van der Waals surface area contributed by atoms with Gasteiger partial charge in [0.15, 0.2) is 0 Å². The van der Waals surface area contributed by atoms with E-state index in [4.69, 9.17) is 10.5 Å². The first kappa shape index (κ1) is 13.4. The fraction of sp³-hybridized carbons (Fsp3) is 0.667. The third-order valence-electron chi connectivity index (χ3n) is 3.32. The molecule has 6 heteroatoms. The Hall–Kier alpha value is -1.01. The monoisotopic (exact) mass is 262 g/mol. The van der Waals surface area contributed by atoms with Gasteiger partial charge in [0, 0.05) is 24.3 Å². The third-order valence-corrected chi connectivity index (χ3v) is 3.32. The summed E-state index contributed by atoms with van der Waals surface area (Å²) in [6.45, 7) is 3.75. The molecule has 2 N–H and O–H groups in total. The number of ether oxygens (including phenoxy) is 1. The number of rotatable bonds is 1. The van der Waals surface area contributed by atoms with Crippen molar-refractivity contribution in [3.8, 4) is 0 Å². The second-order valence-electron chi connectivity index (χ2n) is 4.91. The fourth-order valence-corrected chi connectivity index (χ4v) is 2.25. The molecule has 1 fully saturated rings. The summed E-state index contributed by atoms with van der Waals surface area (Å²) < 4.78 is 44.1. The number of halogens is 3. The van der Waals surface area contributed by atoms with Crippen LogP contribution in [-0.4, -0.2) is 42.9 Å². The van der Waals surface area contributed by atoms with Crippen molar-refractivity contribution in [2.24, 2.45) is 5.73 Å². The van der Waals surface area contributed by atoms with Crippen LogP contribution in [0.2, 0.25) is 0 Å². The summed E-state index contributed by atoms with van der Waals surface area (Å²) in [5, 5.41) is 0. The predicted octanol–water partition coefficient (Wildman–Crippen LogP) is 1.81. The molecule has 1 saturated heterocycles. The van der Waals surface area contributed by atoms with E-state index >= 15 is 0 Å². The van der Waals surface area contributed by atoms with Crippen LogP contribution in [0.3, 0.4) is 0 Å². The zero-order valence-corrected chi connectivity index (χ0v) is 10.3. The molecule has 1 atom stereocenters. The molecule has 102 valence electrons. The zero-order valence-electron chi connectivity index (χ0n) is 10.3. The Labute approximate surface area is 104 Å². The lowest BCUT2D eigenvalue weighted by molar-refractivity contribution is -0.100. The Bertz CT molecular complexity index is 379. The summed E-state index contributed by atoms with van der Waals surface area (Å²) in [5.41, 5.74) is 4.34. The normalized spacial score (nSPS) is 29.9.